The van der Waals surface area contributed by atoms with Gasteiger partial charge in [-0.25, -0.2) is 18.2 Å². The van der Waals surface area contributed by atoms with E-state index in [4.69, 9.17) is 0 Å². The van der Waals surface area contributed by atoms with E-state index in [0.717, 1.165) is 50.3 Å². The fourth-order valence-corrected chi connectivity index (χ4v) is 4.76. The van der Waals surface area contributed by atoms with Crippen LogP contribution in [0, 0.1) is 5.92 Å². The number of benzene rings is 1. The van der Waals surface area contributed by atoms with E-state index < -0.39 is 51.4 Å². The topological polar surface area (TPSA) is 130 Å². The third-order valence-corrected chi connectivity index (χ3v) is 6.56. The van der Waals surface area contributed by atoms with Gasteiger partial charge in [0.05, 0.1) is 4.90 Å². The Kier molecular flexibility index (Phi) is 9.23. The van der Waals surface area contributed by atoms with Crippen molar-refractivity contribution in [3.05, 3.63) is 24.3 Å². The number of carbonyl (C=O) groups excluding carboxylic acids is 2. The predicted molar refractivity (Wildman–Crippen MR) is 108 cm³/mol. The molecule has 0 bridgehead atoms. The average Bonchev–Trinajstić information content (AvgIpc) is 2.74. The Hall–Kier alpha value is -2.67. The highest BCUT2D eigenvalue weighted by atomic mass is 32.2. The summed E-state index contributed by atoms with van der Waals surface area (Å²) in [4.78, 5) is 36.6. The molecule has 1 aliphatic rings. The van der Waals surface area contributed by atoms with E-state index in [1.807, 2.05) is 4.83 Å². The number of nitrogens with one attached hydrogen (secondary N) is 1. The zero-order chi connectivity index (χ0) is 24.6. The Morgan fingerprint density at radius 1 is 1.24 bits per heavy atom. The molecule has 33 heavy (non-hydrogen) atoms. The number of sulfonamides is 1. The van der Waals surface area contributed by atoms with Gasteiger partial charge in [-0.3, -0.25) is 4.79 Å². The molecular formula is C20H25F3N2O7S. The van der Waals surface area contributed by atoms with Crippen LogP contribution >= 0.6 is 0 Å². The van der Waals surface area contributed by atoms with Gasteiger partial charge in [-0.15, -0.1) is 18.0 Å². The number of amides is 1. The summed E-state index contributed by atoms with van der Waals surface area (Å²) in [5.41, 5.74) is 0. The molecule has 2 rings (SSSR count). The number of carboxylic acids is 1. The van der Waals surface area contributed by atoms with Crippen molar-refractivity contribution in [1.82, 2.24) is 9.84 Å². The largest absolute Gasteiger partial charge is 0.573 e. The lowest BCUT2D eigenvalue weighted by molar-refractivity contribution is -0.274. The maximum absolute atomic E-state index is 12.8. The van der Waals surface area contributed by atoms with Crippen LogP contribution in [-0.4, -0.2) is 49.1 Å². The molecule has 1 aromatic carbocycles. The monoisotopic (exact) mass is 494 g/mol. The summed E-state index contributed by atoms with van der Waals surface area (Å²) in [7, 11) is -4.69. The minimum absolute atomic E-state index is 0.160. The van der Waals surface area contributed by atoms with Gasteiger partial charge in [0, 0.05) is 18.9 Å². The van der Waals surface area contributed by atoms with Gasteiger partial charge in [0.1, 0.15) is 12.0 Å². The first-order chi connectivity index (χ1) is 15.4. The van der Waals surface area contributed by atoms with Crippen LogP contribution in [0.25, 0.3) is 0 Å². The third kappa shape index (κ3) is 8.31. The second kappa shape index (κ2) is 11.5. The summed E-state index contributed by atoms with van der Waals surface area (Å²) in [6, 6.07) is 1.57. The van der Waals surface area contributed by atoms with Crippen LogP contribution in [-0.2, 0) is 24.4 Å². The molecule has 1 aliphatic carbocycles. The smallest absolute Gasteiger partial charge is 0.480 e. The van der Waals surface area contributed by atoms with Crippen LogP contribution in [0.3, 0.4) is 0 Å². The van der Waals surface area contributed by atoms with Gasteiger partial charge < -0.3 is 14.6 Å². The van der Waals surface area contributed by atoms with E-state index in [0.29, 0.717) is 17.5 Å². The number of hydrazine groups is 1. The molecule has 1 aromatic rings. The van der Waals surface area contributed by atoms with Crippen molar-refractivity contribution < 1.29 is 45.8 Å². The van der Waals surface area contributed by atoms with Crippen LogP contribution in [0.5, 0.6) is 5.75 Å². The van der Waals surface area contributed by atoms with Gasteiger partial charge in [-0.1, -0.05) is 38.2 Å². The standard InChI is InChI=1S/C20H25F3N2O7S/c21-20(22,23)32-15-7-4-8-16(13-15)33(30,31)24-25(17(11-12-26)19(28)29)18(27)10-9-14-5-2-1-3-6-14/h4,7-8,12-14,17,24H,1-3,5-6,9-11H2,(H,28,29). The molecule has 0 aliphatic heterocycles. The highest BCUT2D eigenvalue weighted by molar-refractivity contribution is 7.89. The fourth-order valence-electron chi connectivity index (χ4n) is 3.64. The molecule has 1 saturated carbocycles. The van der Waals surface area contributed by atoms with Gasteiger partial charge in [0.25, 0.3) is 10.0 Å². The van der Waals surface area contributed by atoms with Gasteiger partial charge >= 0.3 is 12.3 Å². The molecule has 9 nitrogen and oxygen atoms in total. The second-order valence-corrected chi connectivity index (χ2v) is 9.34. The van der Waals surface area contributed by atoms with Crippen LogP contribution in [0.15, 0.2) is 29.2 Å². The number of carbonyl (C=O) groups is 3. The van der Waals surface area contributed by atoms with E-state index in [9.17, 15) is 41.1 Å². The number of aldehydes is 1. The first kappa shape index (κ1) is 26.6. The minimum atomic E-state index is -5.06. The molecular weight excluding hydrogens is 469 g/mol. The van der Waals surface area contributed by atoms with E-state index in [1.165, 1.54) is 0 Å². The van der Waals surface area contributed by atoms with Crippen molar-refractivity contribution in [3.63, 3.8) is 0 Å². The first-order valence-electron chi connectivity index (χ1n) is 10.3. The van der Waals surface area contributed by atoms with Gasteiger partial charge in [-0.2, -0.15) is 0 Å². The SMILES string of the molecule is O=CCC(C(=O)O)N(NS(=O)(=O)c1cccc(OC(F)(F)F)c1)C(=O)CCC1CCCCC1. The average molecular weight is 494 g/mol. The number of rotatable bonds is 11. The number of halogens is 3. The molecule has 1 unspecified atom stereocenters. The first-order valence-corrected chi connectivity index (χ1v) is 11.8. The van der Waals surface area contributed by atoms with Crippen LogP contribution in [0.4, 0.5) is 13.2 Å². The molecule has 0 heterocycles. The molecule has 1 atom stereocenters. The number of nitrogens with zero attached hydrogens (tertiary/aromatic N) is 1. The summed E-state index contributed by atoms with van der Waals surface area (Å²) in [6.45, 7) is 0. The number of ether oxygens (including phenoxy) is 1. The summed E-state index contributed by atoms with van der Waals surface area (Å²) in [5.74, 6) is -3.05. The van der Waals surface area contributed by atoms with Gasteiger partial charge in [0.15, 0.2) is 6.04 Å². The lowest BCUT2D eigenvalue weighted by atomic mass is 9.86. The van der Waals surface area contributed by atoms with Gasteiger partial charge in [-0.05, 0) is 24.5 Å². The normalized spacial score (nSPS) is 16.1. The third-order valence-electron chi connectivity index (χ3n) is 5.24. The van der Waals surface area contributed by atoms with E-state index in [1.54, 1.807) is 0 Å². The Morgan fingerprint density at radius 3 is 2.48 bits per heavy atom. The molecule has 1 amide bonds. The Labute approximate surface area is 188 Å². The maximum Gasteiger partial charge on any atom is 0.573 e. The number of alkyl halides is 3. The molecule has 184 valence electrons. The van der Waals surface area contributed by atoms with Crippen LogP contribution in [0.1, 0.15) is 51.4 Å². The van der Waals surface area contributed by atoms with Crippen molar-refractivity contribution in [2.45, 2.75) is 68.7 Å². The van der Waals surface area contributed by atoms with E-state index in [-0.39, 0.29) is 18.6 Å². The van der Waals surface area contributed by atoms with Crippen molar-refractivity contribution in [3.8, 4) is 5.75 Å². The molecule has 13 heteroatoms. The fraction of sp³-hybridized carbons (Fsp3) is 0.550. The Morgan fingerprint density at radius 2 is 1.91 bits per heavy atom. The number of carboxylic acid groups (broad SMARTS) is 1. The van der Waals surface area contributed by atoms with Crippen molar-refractivity contribution >= 4 is 28.2 Å². The molecule has 0 radical (unpaired) electrons. The Bertz CT molecular complexity index is 947. The highest BCUT2D eigenvalue weighted by Gasteiger charge is 2.35. The molecule has 0 spiro atoms. The summed E-state index contributed by atoms with van der Waals surface area (Å²) < 4.78 is 66.7. The molecule has 0 saturated heterocycles. The predicted octanol–water partition coefficient (Wildman–Crippen LogP) is 3.01. The van der Waals surface area contributed by atoms with Crippen LogP contribution in [0.2, 0.25) is 0 Å². The van der Waals surface area contributed by atoms with Crippen molar-refractivity contribution in [1.29, 1.82) is 0 Å². The molecule has 2 N–H and O–H groups in total. The highest BCUT2D eigenvalue weighted by Crippen LogP contribution is 2.28. The number of hydrogen-bond acceptors (Lipinski definition) is 6. The number of aliphatic carboxylic acids is 1. The summed E-state index contributed by atoms with van der Waals surface area (Å²) in [6.07, 6.45) is -0.349. The van der Waals surface area contributed by atoms with E-state index in [2.05, 4.69) is 4.74 Å². The minimum Gasteiger partial charge on any atom is -0.480 e. The molecule has 1 fully saturated rings. The van der Waals surface area contributed by atoms with Crippen molar-refractivity contribution in [2.75, 3.05) is 0 Å². The van der Waals surface area contributed by atoms with E-state index >= 15 is 0 Å². The maximum atomic E-state index is 12.8. The second-order valence-electron chi connectivity index (χ2n) is 7.68. The number of hydrogen-bond donors (Lipinski definition) is 2. The Balaban J connectivity index is 2.26. The zero-order valence-electron chi connectivity index (χ0n) is 17.6. The summed E-state index contributed by atoms with van der Waals surface area (Å²) in [5, 5.41) is 9.80. The van der Waals surface area contributed by atoms with Gasteiger partial charge in [0.2, 0.25) is 5.91 Å². The summed E-state index contributed by atoms with van der Waals surface area (Å²) >= 11 is 0. The lowest BCUT2D eigenvalue weighted by Crippen LogP contribution is -2.54. The zero-order valence-corrected chi connectivity index (χ0v) is 18.4. The van der Waals surface area contributed by atoms with Crippen molar-refractivity contribution in [2.24, 2.45) is 5.92 Å². The molecule has 0 aromatic heterocycles. The quantitative estimate of drug-likeness (QED) is 0.357. The lowest BCUT2D eigenvalue weighted by Gasteiger charge is -2.29. The van der Waals surface area contributed by atoms with Crippen LogP contribution < -0.4 is 9.57 Å².